The number of benzene rings is 15. The lowest BCUT2D eigenvalue weighted by Crippen LogP contribution is -2.14. The van der Waals surface area contributed by atoms with E-state index in [1.165, 1.54) is 132 Å². The maximum absolute atomic E-state index is 5.57. The van der Waals surface area contributed by atoms with Crippen LogP contribution in [-0.4, -0.2) is 23.7 Å². The molecule has 0 aliphatic heterocycles. The van der Waals surface area contributed by atoms with E-state index in [9.17, 15) is 0 Å². The van der Waals surface area contributed by atoms with Crippen molar-refractivity contribution >= 4 is 65.4 Å². The van der Waals surface area contributed by atoms with E-state index in [2.05, 4.69) is 389 Å². The fraction of sp³-hybridized carbons (Fsp3) is 0.0874. The summed E-state index contributed by atoms with van der Waals surface area (Å²) in [5, 5.41) is 7.28. The Balaban J connectivity index is 0.648. The summed E-state index contributed by atoms with van der Waals surface area (Å²) in [6.45, 7) is 14.1. The van der Waals surface area contributed by atoms with Gasteiger partial charge in [0, 0.05) is 82.3 Å². The smallest absolute Gasteiger partial charge is 0.160 e. The lowest BCUT2D eigenvalue weighted by Gasteiger charge is -2.21. The normalized spacial score (nSPS) is 14.1. The molecule has 5 nitrogen and oxygen atoms in total. The maximum atomic E-state index is 5.57. The van der Waals surface area contributed by atoms with Gasteiger partial charge in [-0.1, -0.05) is 248 Å². The van der Waals surface area contributed by atoms with E-state index < -0.39 is 0 Å². The number of rotatable bonds is 9. The van der Waals surface area contributed by atoms with Gasteiger partial charge in [-0.2, -0.15) is 0 Å². The zero-order valence-electron chi connectivity index (χ0n) is 61.0. The predicted octanol–water partition coefficient (Wildman–Crippen LogP) is 26.7. The van der Waals surface area contributed by atoms with Crippen LogP contribution in [0.1, 0.15) is 74.9 Å². The Kier molecular flexibility index (Phi) is 13.2. The topological polar surface area (TPSA) is 40.6 Å². The van der Waals surface area contributed by atoms with Crippen molar-refractivity contribution in [3.05, 3.63) is 367 Å². The molecule has 0 spiro atoms. The van der Waals surface area contributed by atoms with Crippen LogP contribution in [0.5, 0.6) is 0 Å². The molecule has 510 valence electrons. The Hall–Kier alpha value is -13.2. The van der Waals surface area contributed by atoms with Gasteiger partial charge in [0.2, 0.25) is 0 Å². The van der Waals surface area contributed by atoms with Gasteiger partial charge in [0.05, 0.1) is 44.5 Å². The zero-order chi connectivity index (χ0) is 72.1. The molecule has 0 saturated heterocycles. The molecule has 0 saturated carbocycles. The molecule has 0 N–H and O–H groups in total. The van der Waals surface area contributed by atoms with Crippen molar-refractivity contribution in [2.24, 2.45) is 0 Å². The maximum Gasteiger partial charge on any atom is 0.160 e. The summed E-state index contributed by atoms with van der Waals surface area (Å²) >= 11 is 0. The van der Waals surface area contributed by atoms with Crippen LogP contribution in [0.25, 0.3) is 183 Å². The van der Waals surface area contributed by atoms with Gasteiger partial charge < -0.3 is 13.7 Å². The second-order valence-corrected chi connectivity index (χ2v) is 31.7. The Morgan fingerprint density at radius 3 is 0.907 bits per heavy atom. The minimum atomic E-state index is -0.0543. The molecule has 22 rings (SSSR count). The standard InChI is InChI=1S/C103H73N5/c1-101(2)86-28-13-7-22-74(86)80-55-64(38-48-89(80)101)67-41-51-97-83(58-67)77-25-10-16-31-94(77)106(97)71-44-34-62(35-45-71)92-61-93(70-20-19-21-73(54-70)108-96-33-18-12-27-79(96)85-60-69(43-53-99(85)108)66-40-50-91-82(57-66)76-24-9-15-30-88(76)103(91,5)6)105-100(104-92)63-36-46-72(47-37-63)107-95-32-17-11-26-78(95)84-59-68(42-52-98(84)107)65-39-49-90-81(56-65)75-23-8-14-29-87(75)102(90,3)4/h7-61H,1-6H3. The first-order valence-electron chi connectivity index (χ1n) is 37.8. The number of para-hydroxylation sites is 3. The van der Waals surface area contributed by atoms with Crippen molar-refractivity contribution in [2.45, 2.75) is 57.8 Å². The largest absolute Gasteiger partial charge is 0.309 e. The summed E-state index contributed by atoms with van der Waals surface area (Å²) in [6, 6.07) is 124. The second kappa shape index (κ2) is 22.9. The van der Waals surface area contributed by atoms with Crippen molar-refractivity contribution in [3.63, 3.8) is 0 Å². The summed E-state index contributed by atoms with van der Waals surface area (Å²) in [7, 11) is 0. The Labute approximate surface area is 627 Å². The van der Waals surface area contributed by atoms with E-state index in [1.54, 1.807) is 0 Å². The molecule has 108 heavy (non-hydrogen) atoms. The first-order chi connectivity index (χ1) is 52.8. The van der Waals surface area contributed by atoms with Crippen molar-refractivity contribution in [3.8, 4) is 118 Å². The van der Waals surface area contributed by atoms with Gasteiger partial charge in [0.25, 0.3) is 0 Å². The third-order valence-corrected chi connectivity index (χ3v) is 24.7. The highest BCUT2D eigenvalue weighted by atomic mass is 15.0. The van der Waals surface area contributed by atoms with Gasteiger partial charge >= 0.3 is 0 Å². The second-order valence-electron chi connectivity index (χ2n) is 31.7. The molecule has 0 unspecified atom stereocenters. The van der Waals surface area contributed by atoms with Crippen molar-refractivity contribution in [2.75, 3.05) is 0 Å². The van der Waals surface area contributed by atoms with Gasteiger partial charge in [-0.25, -0.2) is 9.97 Å². The summed E-state index contributed by atoms with van der Waals surface area (Å²) in [5.41, 5.74) is 38.1. The molecule has 5 heteroatoms. The average Bonchev–Trinajstić information content (AvgIpc) is 1.58. The minimum absolute atomic E-state index is 0.0477. The molecule has 0 atom stereocenters. The Morgan fingerprint density at radius 2 is 0.500 bits per heavy atom. The average molecular weight is 1380 g/mol. The van der Waals surface area contributed by atoms with Gasteiger partial charge in [-0.3, -0.25) is 0 Å². The van der Waals surface area contributed by atoms with E-state index in [4.69, 9.17) is 9.97 Å². The summed E-state index contributed by atoms with van der Waals surface area (Å²) in [6.07, 6.45) is 0. The number of aromatic nitrogens is 5. The van der Waals surface area contributed by atoms with Crippen LogP contribution in [0.3, 0.4) is 0 Å². The highest BCUT2D eigenvalue weighted by Crippen LogP contribution is 2.54. The molecular weight excluding hydrogens is 1310 g/mol. The van der Waals surface area contributed by atoms with Crippen LogP contribution in [0, 0.1) is 0 Å². The fourth-order valence-electron chi connectivity index (χ4n) is 19.2. The van der Waals surface area contributed by atoms with Crippen LogP contribution in [0.2, 0.25) is 0 Å². The SMILES string of the molecule is CC1(C)c2ccccc2-c2cc(-c3ccc4c(c3)c3ccccc3n4-c3ccc(-c4cc(-c5cccc(-n6c7ccccc7c7cc(-c8ccc9c(c8)-c8ccccc8C9(C)C)ccc76)c5)nc(-c5ccc(-n6c7ccccc7c7cc(-c8ccc9c(c8)-c8ccccc8C9(C)C)ccc76)cc5)n4)cc3)ccc21. The summed E-state index contributed by atoms with van der Waals surface area (Å²) < 4.78 is 7.24. The minimum Gasteiger partial charge on any atom is -0.309 e. The first-order valence-corrected chi connectivity index (χ1v) is 37.8. The van der Waals surface area contributed by atoms with Crippen LogP contribution >= 0.6 is 0 Å². The molecule has 4 aromatic heterocycles. The third-order valence-electron chi connectivity index (χ3n) is 24.7. The van der Waals surface area contributed by atoms with Crippen molar-refractivity contribution in [1.29, 1.82) is 0 Å². The highest BCUT2D eigenvalue weighted by Gasteiger charge is 2.38. The van der Waals surface area contributed by atoms with Gasteiger partial charge in [-0.05, 0) is 228 Å². The molecule has 19 aromatic rings. The van der Waals surface area contributed by atoms with E-state index >= 15 is 0 Å². The van der Waals surface area contributed by atoms with Crippen LogP contribution < -0.4 is 0 Å². The first kappa shape index (κ1) is 62.2. The Morgan fingerprint density at radius 1 is 0.194 bits per heavy atom. The molecule has 3 aliphatic rings. The van der Waals surface area contributed by atoms with Crippen LogP contribution in [0.4, 0.5) is 0 Å². The van der Waals surface area contributed by atoms with E-state index in [1.807, 2.05) is 0 Å². The number of nitrogens with zero attached hydrogens (tertiary/aromatic N) is 5. The summed E-state index contributed by atoms with van der Waals surface area (Å²) in [5.74, 6) is 0.647. The summed E-state index contributed by atoms with van der Waals surface area (Å²) in [4.78, 5) is 11.1. The molecule has 4 heterocycles. The van der Waals surface area contributed by atoms with E-state index in [-0.39, 0.29) is 16.2 Å². The Bertz CT molecular complexity index is 6780. The van der Waals surface area contributed by atoms with Gasteiger partial charge in [-0.15, -0.1) is 0 Å². The van der Waals surface area contributed by atoms with Crippen LogP contribution in [0.15, 0.2) is 334 Å². The van der Waals surface area contributed by atoms with E-state index in [0.717, 1.165) is 78.2 Å². The van der Waals surface area contributed by atoms with Crippen LogP contribution in [-0.2, 0) is 16.2 Å². The molecule has 0 radical (unpaired) electrons. The lowest BCUT2D eigenvalue weighted by atomic mass is 9.82. The van der Waals surface area contributed by atoms with Gasteiger partial charge in [0.1, 0.15) is 0 Å². The third kappa shape index (κ3) is 9.12. The molecule has 0 amide bonds. The molecule has 0 fully saturated rings. The molecular formula is C103H73N5. The quantitative estimate of drug-likeness (QED) is 0.144. The number of hydrogen-bond acceptors (Lipinski definition) is 2. The zero-order valence-corrected chi connectivity index (χ0v) is 61.0. The fourth-order valence-corrected chi connectivity index (χ4v) is 19.2. The monoisotopic (exact) mass is 1380 g/mol. The lowest BCUT2D eigenvalue weighted by molar-refractivity contribution is 0.660. The number of hydrogen-bond donors (Lipinski definition) is 0. The van der Waals surface area contributed by atoms with Gasteiger partial charge in [0.15, 0.2) is 5.82 Å². The highest BCUT2D eigenvalue weighted by molar-refractivity contribution is 6.13. The molecule has 15 aromatic carbocycles. The molecule has 3 aliphatic carbocycles. The van der Waals surface area contributed by atoms with Crippen molar-refractivity contribution in [1.82, 2.24) is 23.7 Å². The predicted molar refractivity (Wildman–Crippen MR) is 450 cm³/mol. The number of fused-ring (bicyclic) bond motifs is 18. The molecule has 0 bridgehead atoms. The van der Waals surface area contributed by atoms with Crippen molar-refractivity contribution < 1.29 is 0 Å². The van der Waals surface area contributed by atoms with E-state index in [0.29, 0.717) is 5.82 Å².